The van der Waals surface area contributed by atoms with Gasteiger partial charge in [-0.05, 0) is 34.0 Å². The molecule has 0 aromatic carbocycles. The second-order valence-corrected chi connectivity index (χ2v) is 5.37. The average Bonchev–Trinajstić information content (AvgIpc) is 2.18. The number of aliphatic hydroxyl groups excluding tert-OH is 1. The lowest BCUT2D eigenvalue weighted by Gasteiger charge is -2.25. The molecule has 3 unspecified atom stereocenters. The van der Waals surface area contributed by atoms with Crippen LogP contribution in [0.5, 0.6) is 0 Å². The first-order chi connectivity index (χ1) is 7.42. The molecule has 3 N–H and O–H groups in total. The van der Waals surface area contributed by atoms with Gasteiger partial charge < -0.3 is 15.7 Å². The van der Waals surface area contributed by atoms with Gasteiger partial charge in [0.1, 0.15) is 0 Å². The monoisotopic (exact) mass is 248 g/mol. The lowest BCUT2D eigenvalue weighted by Crippen LogP contribution is -2.50. The van der Waals surface area contributed by atoms with Crippen LogP contribution in [0.1, 0.15) is 27.7 Å². The quantitative estimate of drug-likeness (QED) is 0.617. The summed E-state index contributed by atoms with van der Waals surface area (Å²) >= 11 is 1.60. The summed E-state index contributed by atoms with van der Waals surface area (Å²) in [7, 11) is 0. The number of hydrogen-bond donors (Lipinski definition) is 3. The highest BCUT2D eigenvalue weighted by atomic mass is 32.2. The van der Waals surface area contributed by atoms with Crippen LogP contribution < -0.4 is 10.6 Å². The molecule has 0 saturated carbocycles. The van der Waals surface area contributed by atoms with Crippen LogP contribution in [-0.4, -0.2) is 47.3 Å². The molecular weight excluding hydrogens is 224 g/mol. The Kier molecular flexibility index (Phi) is 7.80. The molecule has 4 nitrogen and oxygen atoms in total. The normalized spacial score (nSPS) is 16.9. The standard InChI is InChI=1S/C11H24N2O2S/c1-7(2)12-11(15)9(4)13-8(3)10(6-14)16-5/h7-10,13-14H,6H2,1-5H3,(H,12,15). The van der Waals surface area contributed by atoms with Crippen molar-refractivity contribution in [3.8, 4) is 0 Å². The van der Waals surface area contributed by atoms with E-state index in [1.54, 1.807) is 11.8 Å². The highest BCUT2D eigenvalue weighted by Crippen LogP contribution is 2.10. The molecule has 0 fully saturated rings. The van der Waals surface area contributed by atoms with Crippen LogP contribution in [0.25, 0.3) is 0 Å². The number of amides is 1. The predicted molar refractivity (Wildman–Crippen MR) is 69.7 cm³/mol. The number of hydrogen-bond acceptors (Lipinski definition) is 4. The zero-order valence-corrected chi connectivity index (χ0v) is 11.6. The zero-order chi connectivity index (χ0) is 12.7. The van der Waals surface area contributed by atoms with Gasteiger partial charge in [-0.15, -0.1) is 0 Å². The van der Waals surface area contributed by atoms with Crippen LogP contribution in [-0.2, 0) is 4.79 Å². The summed E-state index contributed by atoms with van der Waals surface area (Å²) in [6.45, 7) is 7.81. The Morgan fingerprint density at radius 3 is 2.25 bits per heavy atom. The number of aliphatic hydroxyl groups is 1. The third-order valence-electron chi connectivity index (χ3n) is 2.38. The van der Waals surface area contributed by atoms with E-state index >= 15 is 0 Å². The van der Waals surface area contributed by atoms with Gasteiger partial charge in [0.25, 0.3) is 0 Å². The van der Waals surface area contributed by atoms with E-state index in [1.807, 2.05) is 34.0 Å². The fourth-order valence-corrected chi connectivity index (χ4v) is 2.06. The minimum Gasteiger partial charge on any atom is -0.395 e. The molecule has 96 valence electrons. The Labute approximate surface area is 103 Å². The van der Waals surface area contributed by atoms with Gasteiger partial charge in [-0.3, -0.25) is 4.79 Å². The summed E-state index contributed by atoms with van der Waals surface area (Å²) in [5.74, 6) is -0.000331. The van der Waals surface area contributed by atoms with Crippen LogP contribution in [0.3, 0.4) is 0 Å². The fraction of sp³-hybridized carbons (Fsp3) is 0.909. The molecule has 5 heteroatoms. The molecule has 0 aromatic heterocycles. The summed E-state index contributed by atoms with van der Waals surface area (Å²) in [5, 5.41) is 15.3. The van der Waals surface area contributed by atoms with Gasteiger partial charge in [0.2, 0.25) is 5.91 Å². The van der Waals surface area contributed by atoms with Gasteiger partial charge in [-0.25, -0.2) is 0 Å². The molecule has 0 rings (SSSR count). The zero-order valence-electron chi connectivity index (χ0n) is 10.8. The van der Waals surface area contributed by atoms with Crippen molar-refractivity contribution in [2.24, 2.45) is 0 Å². The largest absolute Gasteiger partial charge is 0.395 e. The third kappa shape index (κ3) is 5.72. The Hall–Kier alpha value is -0.260. The van der Waals surface area contributed by atoms with Crippen molar-refractivity contribution in [1.82, 2.24) is 10.6 Å². The number of carbonyl (C=O) groups excluding carboxylic acids is 1. The molecule has 0 spiro atoms. The average molecular weight is 248 g/mol. The number of rotatable bonds is 7. The van der Waals surface area contributed by atoms with Crippen LogP contribution >= 0.6 is 11.8 Å². The highest BCUT2D eigenvalue weighted by molar-refractivity contribution is 7.99. The van der Waals surface area contributed by atoms with E-state index in [1.165, 1.54) is 0 Å². The van der Waals surface area contributed by atoms with Gasteiger partial charge in [0.15, 0.2) is 0 Å². The van der Waals surface area contributed by atoms with E-state index in [9.17, 15) is 4.79 Å². The first-order valence-corrected chi connectivity index (χ1v) is 6.91. The summed E-state index contributed by atoms with van der Waals surface area (Å²) in [6, 6.07) is 0.0211. The van der Waals surface area contributed by atoms with Gasteiger partial charge in [-0.2, -0.15) is 11.8 Å². The van der Waals surface area contributed by atoms with E-state index < -0.39 is 0 Å². The minimum absolute atomic E-state index is 0.000331. The van der Waals surface area contributed by atoms with Crippen molar-refractivity contribution >= 4 is 17.7 Å². The summed E-state index contributed by atoms with van der Waals surface area (Å²) in [4.78, 5) is 11.6. The van der Waals surface area contributed by atoms with Gasteiger partial charge in [0.05, 0.1) is 12.6 Å². The van der Waals surface area contributed by atoms with Crippen LogP contribution in [0.15, 0.2) is 0 Å². The second kappa shape index (κ2) is 7.92. The number of thioether (sulfide) groups is 1. The molecule has 0 aliphatic rings. The number of nitrogens with one attached hydrogen (secondary N) is 2. The van der Waals surface area contributed by atoms with Crippen molar-refractivity contribution in [2.75, 3.05) is 12.9 Å². The third-order valence-corrected chi connectivity index (χ3v) is 3.54. The molecule has 0 saturated heterocycles. The van der Waals surface area contributed by atoms with E-state index in [4.69, 9.17) is 5.11 Å². The minimum atomic E-state index is -0.237. The summed E-state index contributed by atoms with van der Waals surface area (Å²) in [6.07, 6.45) is 1.96. The van der Waals surface area contributed by atoms with E-state index in [-0.39, 0.29) is 35.9 Å². The van der Waals surface area contributed by atoms with E-state index in [0.717, 1.165) is 0 Å². The molecule has 1 amide bonds. The Bertz CT molecular complexity index is 208. The predicted octanol–water partition coefficient (Wildman–Crippen LogP) is 0.602. The van der Waals surface area contributed by atoms with Crippen molar-refractivity contribution in [3.05, 3.63) is 0 Å². The lowest BCUT2D eigenvalue weighted by molar-refractivity contribution is -0.123. The molecule has 16 heavy (non-hydrogen) atoms. The first kappa shape index (κ1) is 15.7. The molecule has 0 radical (unpaired) electrons. The van der Waals surface area contributed by atoms with Gasteiger partial charge in [0, 0.05) is 17.3 Å². The number of carbonyl (C=O) groups is 1. The molecule has 0 bridgehead atoms. The SMILES string of the molecule is CSC(CO)C(C)NC(C)C(=O)NC(C)C. The molecule has 3 atom stereocenters. The van der Waals surface area contributed by atoms with Crippen molar-refractivity contribution in [3.63, 3.8) is 0 Å². The van der Waals surface area contributed by atoms with Crippen LogP contribution in [0.4, 0.5) is 0 Å². The molecular formula is C11H24N2O2S. The maximum Gasteiger partial charge on any atom is 0.237 e. The van der Waals surface area contributed by atoms with Crippen LogP contribution in [0, 0.1) is 0 Å². The Morgan fingerprint density at radius 1 is 1.31 bits per heavy atom. The first-order valence-electron chi connectivity index (χ1n) is 5.62. The summed E-state index contributed by atoms with van der Waals surface area (Å²) in [5.41, 5.74) is 0. The highest BCUT2D eigenvalue weighted by Gasteiger charge is 2.20. The molecule has 0 aliphatic heterocycles. The maximum atomic E-state index is 11.6. The van der Waals surface area contributed by atoms with E-state index in [0.29, 0.717) is 0 Å². The fourth-order valence-electron chi connectivity index (χ4n) is 1.42. The summed E-state index contributed by atoms with van der Waals surface area (Å²) < 4.78 is 0. The Balaban J connectivity index is 4.11. The Morgan fingerprint density at radius 2 is 1.88 bits per heavy atom. The van der Waals surface area contributed by atoms with Gasteiger partial charge >= 0.3 is 0 Å². The molecule has 0 aliphatic carbocycles. The smallest absolute Gasteiger partial charge is 0.237 e. The van der Waals surface area contributed by atoms with Crippen LogP contribution in [0.2, 0.25) is 0 Å². The van der Waals surface area contributed by atoms with Gasteiger partial charge in [-0.1, -0.05) is 0 Å². The lowest BCUT2D eigenvalue weighted by atomic mass is 10.2. The van der Waals surface area contributed by atoms with E-state index in [2.05, 4.69) is 10.6 Å². The topological polar surface area (TPSA) is 61.4 Å². The van der Waals surface area contributed by atoms with Crippen molar-refractivity contribution < 1.29 is 9.90 Å². The molecule has 0 heterocycles. The van der Waals surface area contributed by atoms with Crippen molar-refractivity contribution in [2.45, 2.75) is 51.1 Å². The maximum absolute atomic E-state index is 11.6. The molecule has 0 aromatic rings. The second-order valence-electron chi connectivity index (χ2n) is 4.30. The van der Waals surface area contributed by atoms with Crippen molar-refractivity contribution in [1.29, 1.82) is 0 Å².